The van der Waals surface area contributed by atoms with Crippen LogP contribution in [0, 0.1) is 0 Å². The number of rotatable bonds is 2. The molecule has 1 N–H and O–H groups in total. The fourth-order valence-corrected chi connectivity index (χ4v) is 2.72. The summed E-state index contributed by atoms with van der Waals surface area (Å²) in [7, 11) is 1.30. The topological polar surface area (TPSA) is 84.9 Å². The van der Waals surface area contributed by atoms with Crippen LogP contribution >= 0.6 is 11.3 Å². The van der Waals surface area contributed by atoms with E-state index in [1.165, 1.54) is 7.11 Å². The average Bonchev–Trinajstić information content (AvgIpc) is 2.92. The second-order valence-electron chi connectivity index (χ2n) is 3.97. The van der Waals surface area contributed by atoms with Crippen molar-refractivity contribution in [2.24, 2.45) is 0 Å². The maximum atomic E-state index is 12.0. The molecule has 3 aromatic heterocycles. The van der Waals surface area contributed by atoms with Gasteiger partial charge in [-0.15, -0.1) is 11.3 Å². The second-order valence-corrected chi connectivity index (χ2v) is 4.85. The number of fused-ring (bicyclic) bond motifs is 1. The van der Waals surface area contributed by atoms with E-state index in [1.54, 1.807) is 29.9 Å². The molecule has 0 unspecified atom stereocenters. The summed E-state index contributed by atoms with van der Waals surface area (Å²) in [6, 6.07) is 3.46. The molecule has 0 aliphatic carbocycles. The standard InChI is InChI=1S/C13H9N3O3S/c1-19-13(18)10-9-8(6-20-10)12(17)16-11(15-9)7-2-4-14-5-3-7/h2-6H,1H3,(H,15,16,17). The molecule has 0 fully saturated rings. The predicted molar refractivity (Wildman–Crippen MR) is 74.8 cm³/mol. The van der Waals surface area contributed by atoms with Crippen molar-refractivity contribution in [1.82, 2.24) is 15.0 Å². The van der Waals surface area contributed by atoms with E-state index in [-0.39, 0.29) is 5.56 Å². The number of H-pyrrole nitrogens is 1. The number of methoxy groups -OCH3 is 1. The van der Waals surface area contributed by atoms with Gasteiger partial charge in [0.25, 0.3) is 5.56 Å². The van der Waals surface area contributed by atoms with E-state index < -0.39 is 5.97 Å². The molecule has 0 atom stereocenters. The van der Waals surface area contributed by atoms with E-state index in [4.69, 9.17) is 4.74 Å². The van der Waals surface area contributed by atoms with Crippen LogP contribution in [-0.4, -0.2) is 28.0 Å². The van der Waals surface area contributed by atoms with Gasteiger partial charge in [0.2, 0.25) is 0 Å². The summed E-state index contributed by atoms with van der Waals surface area (Å²) in [5.74, 6) is -0.0998. The first-order valence-electron chi connectivity index (χ1n) is 5.71. The van der Waals surface area contributed by atoms with Gasteiger partial charge in [-0.3, -0.25) is 9.78 Å². The van der Waals surface area contributed by atoms with Crippen LogP contribution in [0.15, 0.2) is 34.7 Å². The quantitative estimate of drug-likeness (QED) is 0.727. The number of thiophene rings is 1. The molecule has 0 saturated heterocycles. The number of aromatic nitrogens is 3. The van der Waals surface area contributed by atoms with E-state index in [1.807, 2.05) is 0 Å². The van der Waals surface area contributed by atoms with Gasteiger partial charge in [0.15, 0.2) is 0 Å². The number of nitrogens with zero attached hydrogens (tertiary/aromatic N) is 2. The van der Waals surface area contributed by atoms with Crippen molar-refractivity contribution >= 4 is 28.2 Å². The van der Waals surface area contributed by atoms with Gasteiger partial charge in [0.05, 0.1) is 12.5 Å². The zero-order chi connectivity index (χ0) is 14.1. The Kier molecular flexibility index (Phi) is 3.03. The Morgan fingerprint density at radius 3 is 2.80 bits per heavy atom. The third kappa shape index (κ3) is 1.97. The van der Waals surface area contributed by atoms with Crippen molar-refractivity contribution in [1.29, 1.82) is 0 Å². The van der Waals surface area contributed by atoms with Gasteiger partial charge in [0.1, 0.15) is 16.2 Å². The minimum absolute atomic E-state index is 0.284. The third-order valence-electron chi connectivity index (χ3n) is 2.79. The lowest BCUT2D eigenvalue weighted by Crippen LogP contribution is -2.10. The molecule has 0 spiro atoms. The van der Waals surface area contributed by atoms with Gasteiger partial charge in [0, 0.05) is 23.3 Å². The van der Waals surface area contributed by atoms with E-state index in [0.29, 0.717) is 21.6 Å². The van der Waals surface area contributed by atoms with Crippen molar-refractivity contribution in [2.75, 3.05) is 7.11 Å². The van der Waals surface area contributed by atoms with Gasteiger partial charge >= 0.3 is 5.97 Å². The normalized spacial score (nSPS) is 10.7. The molecular formula is C13H9N3O3S. The van der Waals surface area contributed by atoms with Crippen LogP contribution in [0.4, 0.5) is 0 Å². The number of esters is 1. The van der Waals surface area contributed by atoms with Crippen LogP contribution in [0.2, 0.25) is 0 Å². The van der Waals surface area contributed by atoms with Crippen LogP contribution in [0.25, 0.3) is 22.3 Å². The Bertz CT molecular complexity index is 839. The lowest BCUT2D eigenvalue weighted by molar-refractivity contribution is 0.0608. The molecule has 0 radical (unpaired) electrons. The van der Waals surface area contributed by atoms with Crippen molar-refractivity contribution in [3.63, 3.8) is 0 Å². The monoisotopic (exact) mass is 287 g/mol. The molecule has 0 saturated carbocycles. The Labute approximate surface area is 117 Å². The Morgan fingerprint density at radius 2 is 2.10 bits per heavy atom. The molecule has 0 aromatic carbocycles. The largest absolute Gasteiger partial charge is 0.465 e. The highest BCUT2D eigenvalue weighted by Crippen LogP contribution is 2.24. The summed E-state index contributed by atoms with van der Waals surface area (Å²) in [5, 5.41) is 1.98. The number of hydrogen-bond acceptors (Lipinski definition) is 6. The SMILES string of the molecule is COC(=O)c1scc2c(=O)[nH]c(-c3ccncc3)nc12. The molecule has 3 aromatic rings. The highest BCUT2D eigenvalue weighted by Gasteiger charge is 2.17. The average molecular weight is 287 g/mol. The first kappa shape index (κ1) is 12.5. The number of nitrogens with one attached hydrogen (secondary N) is 1. The van der Waals surface area contributed by atoms with Crippen molar-refractivity contribution < 1.29 is 9.53 Å². The molecular weight excluding hydrogens is 278 g/mol. The Hall–Kier alpha value is -2.54. The summed E-state index contributed by atoms with van der Waals surface area (Å²) in [6.07, 6.45) is 3.21. The number of ether oxygens (including phenoxy) is 1. The lowest BCUT2D eigenvalue weighted by atomic mass is 10.2. The molecule has 3 rings (SSSR count). The summed E-state index contributed by atoms with van der Waals surface area (Å²) >= 11 is 1.14. The molecule has 20 heavy (non-hydrogen) atoms. The van der Waals surface area contributed by atoms with E-state index in [9.17, 15) is 9.59 Å². The zero-order valence-corrected chi connectivity index (χ0v) is 11.2. The highest BCUT2D eigenvalue weighted by atomic mass is 32.1. The molecule has 3 heterocycles. The van der Waals surface area contributed by atoms with E-state index >= 15 is 0 Å². The summed E-state index contributed by atoms with van der Waals surface area (Å²) in [5.41, 5.74) is 0.798. The lowest BCUT2D eigenvalue weighted by Gasteiger charge is -2.01. The van der Waals surface area contributed by atoms with Gasteiger partial charge in [-0.05, 0) is 12.1 Å². The third-order valence-corrected chi connectivity index (χ3v) is 3.74. The van der Waals surface area contributed by atoms with Crippen LogP contribution in [-0.2, 0) is 4.74 Å². The molecule has 0 amide bonds. The molecule has 0 aliphatic rings. The molecule has 7 heteroatoms. The van der Waals surface area contributed by atoms with Crippen molar-refractivity contribution in [3.8, 4) is 11.4 Å². The summed E-state index contributed by atoms with van der Waals surface area (Å²) in [6.45, 7) is 0. The fraction of sp³-hybridized carbons (Fsp3) is 0.0769. The smallest absolute Gasteiger partial charge is 0.350 e. The highest BCUT2D eigenvalue weighted by molar-refractivity contribution is 7.13. The molecule has 100 valence electrons. The van der Waals surface area contributed by atoms with Gasteiger partial charge in [-0.2, -0.15) is 0 Å². The van der Waals surface area contributed by atoms with Gasteiger partial charge in [-0.25, -0.2) is 9.78 Å². The minimum Gasteiger partial charge on any atom is -0.465 e. The number of aromatic amines is 1. The fourth-order valence-electron chi connectivity index (χ4n) is 1.82. The zero-order valence-electron chi connectivity index (χ0n) is 10.4. The summed E-state index contributed by atoms with van der Waals surface area (Å²) in [4.78, 5) is 35.0. The predicted octanol–water partition coefficient (Wildman–Crippen LogP) is 1.83. The van der Waals surface area contributed by atoms with Crippen LogP contribution in [0.3, 0.4) is 0 Å². The van der Waals surface area contributed by atoms with E-state index in [2.05, 4.69) is 15.0 Å². The molecule has 0 bridgehead atoms. The summed E-state index contributed by atoms with van der Waals surface area (Å²) < 4.78 is 4.70. The maximum Gasteiger partial charge on any atom is 0.350 e. The number of carbonyl (C=O) groups is 1. The van der Waals surface area contributed by atoms with Gasteiger partial charge in [-0.1, -0.05) is 0 Å². The molecule has 0 aliphatic heterocycles. The maximum absolute atomic E-state index is 12.0. The molecule has 6 nitrogen and oxygen atoms in total. The van der Waals surface area contributed by atoms with E-state index in [0.717, 1.165) is 16.9 Å². The van der Waals surface area contributed by atoms with Crippen LogP contribution < -0.4 is 5.56 Å². The first-order chi connectivity index (χ1) is 9.70. The first-order valence-corrected chi connectivity index (χ1v) is 6.59. The number of pyridine rings is 1. The Morgan fingerprint density at radius 1 is 1.35 bits per heavy atom. The van der Waals surface area contributed by atoms with Crippen molar-refractivity contribution in [2.45, 2.75) is 0 Å². The number of hydrogen-bond donors (Lipinski definition) is 1. The minimum atomic E-state index is -0.497. The van der Waals surface area contributed by atoms with Gasteiger partial charge < -0.3 is 9.72 Å². The van der Waals surface area contributed by atoms with Crippen LogP contribution in [0.1, 0.15) is 9.67 Å². The number of carbonyl (C=O) groups excluding carboxylic acids is 1. The van der Waals surface area contributed by atoms with Crippen LogP contribution in [0.5, 0.6) is 0 Å². The Balaban J connectivity index is 2.27. The van der Waals surface area contributed by atoms with Crippen molar-refractivity contribution in [3.05, 3.63) is 45.1 Å². The second kappa shape index (κ2) is 4.86.